The van der Waals surface area contributed by atoms with Gasteiger partial charge >= 0.3 is 0 Å². The molecule has 16 heavy (non-hydrogen) atoms. The average molecular weight is 283 g/mol. The Morgan fingerprint density at radius 1 is 1.50 bits per heavy atom. The van der Waals surface area contributed by atoms with Crippen LogP contribution in [-0.2, 0) is 4.84 Å². The van der Waals surface area contributed by atoms with E-state index in [4.69, 9.17) is 4.84 Å². The lowest BCUT2D eigenvalue weighted by Gasteiger charge is -2.37. The van der Waals surface area contributed by atoms with Gasteiger partial charge in [-0.2, -0.15) is 0 Å². The normalized spacial score (nSPS) is 27.1. The fourth-order valence-electron chi connectivity index (χ4n) is 2.50. The number of halogens is 1. The molecule has 0 spiro atoms. The summed E-state index contributed by atoms with van der Waals surface area (Å²) in [6, 6.07) is 3.97. The molecule has 2 heterocycles. The Bertz CT molecular complexity index is 480. The van der Waals surface area contributed by atoms with Gasteiger partial charge in [-0.1, -0.05) is 12.2 Å². The van der Waals surface area contributed by atoms with Crippen LogP contribution in [-0.4, -0.2) is 28.7 Å². The Hall–Kier alpha value is -1.07. The van der Waals surface area contributed by atoms with Crippen molar-refractivity contribution in [3.8, 4) is 0 Å². The van der Waals surface area contributed by atoms with E-state index in [1.807, 2.05) is 16.7 Å². The first kappa shape index (κ1) is 10.1. The first-order valence-electron chi connectivity index (χ1n) is 5.15. The lowest BCUT2D eigenvalue weighted by Crippen LogP contribution is -2.47. The molecule has 0 saturated carbocycles. The van der Waals surface area contributed by atoms with Gasteiger partial charge in [0.05, 0.1) is 23.8 Å². The van der Waals surface area contributed by atoms with E-state index in [1.54, 1.807) is 7.11 Å². The van der Waals surface area contributed by atoms with Gasteiger partial charge in [-0.3, -0.25) is 9.63 Å². The summed E-state index contributed by atoms with van der Waals surface area (Å²) < 4.78 is 2.96. The van der Waals surface area contributed by atoms with E-state index in [2.05, 4.69) is 28.1 Å². The molecule has 0 radical (unpaired) electrons. The van der Waals surface area contributed by atoms with E-state index < -0.39 is 0 Å². The van der Waals surface area contributed by atoms with Crippen molar-refractivity contribution in [2.45, 2.75) is 18.5 Å². The van der Waals surface area contributed by atoms with Crippen molar-refractivity contribution in [2.75, 3.05) is 7.11 Å². The van der Waals surface area contributed by atoms with E-state index in [-0.39, 0.29) is 18.0 Å². The molecule has 4 nitrogen and oxygen atoms in total. The van der Waals surface area contributed by atoms with Crippen molar-refractivity contribution >= 4 is 21.8 Å². The molecule has 2 atom stereocenters. The molecule has 1 aliphatic carbocycles. The van der Waals surface area contributed by atoms with E-state index in [0.717, 1.165) is 11.0 Å². The van der Waals surface area contributed by atoms with Crippen LogP contribution in [0.1, 0.15) is 23.0 Å². The smallest absolute Gasteiger partial charge is 0.294 e. The van der Waals surface area contributed by atoms with Crippen LogP contribution in [0.5, 0.6) is 0 Å². The topological polar surface area (TPSA) is 34.5 Å². The zero-order valence-electron chi connectivity index (χ0n) is 8.76. The van der Waals surface area contributed by atoms with Gasteiger partial charge in [0.1, 0.15) is 5.69 Å². The molecular weight excluding hydrogens is 272 g/mol. The largest absolute Gasteiger partial charge is 0.322 e. The van der Waals surface area contributed by atoms with Crippen molar-refractivity contribution in [1.29, 1.82) is 0 Å². The van der Waals surface area contributed by atoms with Crippen LogP contribution in [0.4, 0.5) is 0 Å². The Kier molecular flexibility index (Phi) is 2.19. The van der Waals surface area contributed by atoms with Crippen LogP contribution in [0.2, 0.25) is 0 Å². The molecule has 1 aliphatic heterocycles. The number of carbonyl (C=O) groups excluding carboxylic acids is 1. The summed E-state index contributed by atoms with van der Waals surface area (Å²) in [5.41, 5.74) is 0.668. The summed E-state index contributed by atoms with van der Waals surface area (Å²) in [5, 5.41) is 1.48. The minimum Gasteiger partial charge on any atom is -0.322 e. The molecule has 0 saturated heterocycles. The molecule has 0 bridgehead atoms. The Morgan fingerprint density at radius 2 is 2.31 bits per heavy atom. The highest BCUT2D eigenvalue weighted by Gasteiger charge is 2.41. The van der Waals surface area contributed by atoms with Crippen molar-refractivity contribution < 1.29 is 9.63 Å². The lowest BCUT2D eigenvalue weighted by molar-refractivity contribution is -0.133. The predicted octanol–water partition coefficient (Wildman–Crippen LogP) is 2.14. The lowest BCUT2D eigenvalue weighted by atomic mass is 10.1. The summed E-state index contributed by atoms with van der Waals surface area (Å²) in [6.45, 7) is 0. The standard InChI is InChI=1S/C11H11BrN2O2/c1-16-14-8-4-2-3-7(8)13-9(11(14)15)5-6-10(13)12/h2-3,5-8H,4H2,1H3/t7-,8+/m1/s1. The summed E-state index contributed by atoms with van der Waals surface area (Å²) in [7, 11) is 1.54. The van der Waals surface area contributed by atoms with Crippen LogP contribution in [0.3, 0.4) is 0 Å². The number of fused-ring (bicyclic) bond motifs is 3. The van der Waals surface area contributed by atoms with E-state index >= 15 is 0 Å². The maximum atomic E-state index is 12.1. The van der Waals surface area contributed by atoms with Gasteiger partial charge in [0, 0.05) is 0 Å². The zero-order chi connectivity index (χ0) is 11.3. The van der Waals surface area contributed by atoms with Gasteiger partial charge in [-0.15, -0.1) is 0 Å². The van der Waals surface area contributed by atoms with Gasteiger partial charge < -0.3 is 4.57 Å². The molecule has 84 valence electrons. The summed E-state index contributed by atoms with van der Waals surface area (Å²) in [4.78, 5) is 17.3. The highest BCUT2D eigenvalue weighted by molar-refractivity contribution is 9.10. The van der Waals surface area contributed by atoms with E-state index in [9.17, 15) is 4.79 Å². The van der Waals surface area contributed by atoms with Crippen LogP contribution >= 0.6 is 15.9 Å². The average Bonchev–Trinajstić information content (AvgIpc) is 2.85. The molecule has 1 aromatic heterocycles. The van der Waals surface area contributed by atoms with Crippen LogP contribution in [0.15, 0.2) is 28.9 Å². The van der Waals surface area contributed by atoms with Crippen molar-refractivity contribution in [3.63, 3.8) is 0 Å². The van der Waals surface area contributed by atoms with Gasteiger partial charge in [0.25, 0.3) is 5.91 Å². The Balaban J connectivity index is 2.17. The fourth-order valence-corrected chi connectivity index (χ4v) is 3.06. The third kappa shape index (κ3) is 1.15. The molecule has 5 heteroatoms. The maximum Gasteiger partial charge on any atom is 0.294 e. The maximum absolute atomic E-state index is 12.1. The number of rotatable bonds is 1. The SMILES string of the molecule is CON1C(=O)c2ccc(Br)n2[C@@H]2C=CC[C@@H]21. The van der Waals surface area contributed by atoms with E-state index in [0.29, 0.717) is 5.69 Å². The molecule has 0 fully saturated rings. The third-order valence-electron chi connectivity index (χ3n) is 3.19. The quantitative estimate of drug-likeness (QED) is 0.740. The molecule has 1 aromatic rings. The summed E-state index contributed by atoms with van der Waals surface area (Å²) in [6.07, 6.45) is 5.06. The molecule has 3 rings (SSSR count). The summed E-state index contributed by atoms with van der Waals surface area (Å²) in [5.74, 6) is -0.0712. The first-order valence-corrected chi connectivity index (χ1v) is 5.94. The highest BCUT2D eigenvalue weighted by atomic mass is 79.9. The van der Waals surface area contributed by atoms with Crippen LogP contribution in [0.25, 0.3) is 0 Å². The van der Waals surface area contributed by atoms with Crippen molar-refractivity contribution in [2.24, 2.45) is 0 Å². The number of hydrogen-bond donors (Lipinski definition) is 0. The van der Waals surface area contributed by atoms with Gasteiger partial charge in [-0.05, 0) is 34.5 Å². The number of hydroxylamine groups is 2. The predicted molar refractivity (Wildman–Crippen MR) is 61.9 cm³/mol. The Labute approximate surface area is 102 Å². The molecular formula is C11H11BrN2O2. The highest BCUT2D eigenvalue weighted by Crippen LogP contribution is 2.37. The minimum atomic E-state index is -0.0712. The number of amides is 1. The Morgan fingerprint density at radius 3 is 3.06 bits per heavy atom. The zero-order valence-corrected chi connectivity index (χ0v) is 10.3. The van der Waals surface area contributed by atoms with Gasteiger partial charge in [0.2, 0.25) is 0 Å². The molecule has 0 aromatic carbocycles. The second-order valence-electron chi connectivity index (χ2n) is 3.95. The van der Waals surface area contributed by atoms with Gasteiger partial charge in [0.15, 0.2) is 0 Å². The van der Waals surface area contributed by atoms with Crippen molar-refractivity contribution in [1.82, 2.24) is 9.63 Å². The third-order valence-corrected chi connectivity index (χ3v) is 3.84. The van der Waals surface area contributed by atoms with Crippen LogP contribution < -0.4 is 0 Å². The van der Waals surface area contributed by atoms with Crippen molar-refractivity contribution in [3.05, 3.63) is 34.6 Å². The second-order valence-corrected chi connectivity index (χ2v) is 4.76. The number of hydrogen-bond acceptors (Lipinski definition) is 2. The van der Waals surface area contributed by atoms with E-state index in [1.165, 1.54) is 5.06 Å². The summed E-state index contributed by atoms with van der Waals surface area (Å²) >= 11 is 3.48. The number of carbonyl (C=O) groups is 1. The molecule has 2 aliphatic rings. The van der Waals surface area contributed by atoms with Crippen LogP contribution in [0, 0.1) is 0 Å². The molecule has 0 unspecified atom stereocenters. The second kappa shape index (κ2) is 3.46. The van der Waals surface area contributed by atoms with Gasteiger partial charge in [-0.25, -0.2) is 5.06 Å². The molecule has 1 amide bonds. The number of aromatic nitrogens is 1. The first-order chi connectivity index (χ1) is 7.74. The molecule has 0 N–H and O–H groups in total. The minimum absolute atomic E-state index is 0.0712. The number of nitrogens with zero attached hydrogens (tertiary/aromatic N) is 2. The monoisotopic (exact) mass is 282 g/mol. The fraction of sp³-hybridized carbons (Fsp3) is 0.364.